The zero-order valence-corrected chi connectivity index (χ0v) is 9.59. The molecule has 6 heteroatoms. The van der Waals surface area contributed by atoms with Crippen molar-refractivity contribution in [2.24, 2.45) is 0 Å². The molecule has 1 fully saturated rings. The van der Waals surface area contributed by atoms with Gasteiger partial charge in [0.15, 0.2) is 0 Å². The molecule has 4 N–H and O–H groups in total. The molecule has 0 saturated carbocycles. The SMILES string of the molecule is CC(C)SC1O[C@@H](CO)[C@@H](O)[C@@H](O)[C@@H]1O. The van der Waals surface area contributed by atoms with E-state index in [4.69, 9.17) is 9.84 Å². The molecule has 0 bridgehead atoms. The number of aliphatic hydroxyl groups is 4. The zero-order valence-electron chi connectivity index (χ0n) is 8.78. The molecule has 5 nitrogen and oxygen atoms in total. The first-order valence-electron chi connectivity index (χ1n) is 4.93. The number of ether oxygens (including phenoxy) is 1. The first kappa shape index (κ1) is 13.2. The van der Waals surface area contributed by atoms with E-state index in [1.54, 1.807) is 0 Å². The summed E-state index contributed by atoms with van der Waals surface area (Å²) in [6.07, 6.45) is -4.48. The van der Waals surface area contributed by atoms with Gasteiger partial charge >= 0.3 is 0 Å². The van der Waals surface area contributed by atoms with Crippen molar-refractivity contribution >= 4 is 11.8 Å². The van der Waals surface area contributed by atoms with Gasteiger partial charge in [0.25, 0.3) is 0 Å². The fraction of sp³-hybridized carbons (Fsp3) is 1.00. The Morgan fingerprint density at radius 2 is 1.73 bits per heavy atom. The monoisotopic (exact) mass is 238 g/mol. The third-order valence-electron chi connectivity index (χ3n) is 2.25. The molecule has 1 saturated heterocycles. The Morgan fingerprint density at radius 1 is 1.13 bits per heavy atom. The molecule has 1 rings (SSSR count). The van der Waals surface area contributed by atoms with E-state index in [0.717, 1.165) is 0 Å². The van der Waals surface area contributed by atoms with Crippen LogP contribution in [0.15, 0.2) is 0 Å². The van der Waals surface area contributed by atoms with Crippen molar-refractivity contribution in [1.82, 2.24) is 0 Å². The average molecular weight is 238 g/mol. The topological polar surface area (TPSA) is 90.2 Å². The first-order valence-corrected chi connectivity index (χ1v) is 5.87. The van der Waals surface area contributed by atoms with Crippen molar-refractivity contribution in [2.75, 3.05) is 6.61 Å². The maximum atomic E-state index is 9.63. The second kappa shape index (κ2) is 5.47. The molecule has 5 atom stereocenters. The van der Waals surface area contributed by atoms with Crippen LogP contribution in [0.4, 0.5) is 0 Å². The van der Waals surface area contributed by atoms with Crippen LogP contribution in [0.5, 0.6) is 0 Å². The number of thioether (sulfide) groups is 1. The van der Waals surface area contributed by atoms with Gasteiger partial charge < -0.3 is 25.2 Å². The minimum Gasteiger partial charge on any atom is -0.394 e. The van der Waals surface area contributed by atoms with Gasteiger partial charge in [-0.15, -0.1) is 11.8 Å². The summed E-state index contributed by atoms with van der Waals surface area (Å²) in [7, 11) is 0. The van der Waals surface area contributed by atoms with E-state index in [1.165, 1.54) is 11.8 Å². The van der Waals surface area contributed by atoms with Crippen LogP contribution in [-0.4, -0.2) is 62.1 Å². The average Bonchev–Trinajstić information content (AvgIpc) is 2.18. The fourth-order valence-electron chi connectivity index (χ4n) is 1.45. The minimum absolute atomic E-state index is 0.228. The third kappa shape index (κ3) is 3.05. The predicted molar refractivity (Wildman–Crippen MR) is 56.5 cm³/mol. The quantitative estimate of drug-likeness (QED) is 0.500. The normalized spacial score (nSPS) is 42.2. The summed E-state index contributed by atoms with van der Waals surface area (Å²) in [4.78, 5) is 0. The van der Waals surface area contributed by atoms with Crippen molar-refractivity contribution in [3.05, 3.63) is 0 Å². The van der Waals surface area contributed by atoms with Crippen molar-refractivity contribution < 1.29 is 25.2 Å². The number of hydrogen-bond donors (Lipinski definition) is 4. The van der Waals surface area contributed by atoms with Crippen LogP contribution in [0, 0.1) is 0 Å². The van der Waals surface area contributed by atoms with Crippen molar-refractivity contribution in [2.45, 2.75) is 48.9 Å². The third-order valence-corrected chi connectivity index (χ3v) is 3.46. The van der Waals surface area contributed by atoms with Gasteiger partial charge in [0.1, 0.15) is 29.9 Å². The Labute approximate surface area is 93.1 Å². The van der Waals surface area contributed by atoms with E-state index in [9.17, 15) is 15.3 Å². The van der Waals surface area contributed by atoms with Gasteiger partial charge in [0.2, 0.25) is 0 Å². The molecule has 0 aromatic carbocycles. The van der Waals surface area contributed by atoms with Gasteiger partial charge in [-0.2, -0.15) is 0 Å². The standard InChI is InChI=1S/C9H18O5S/c1-4(2)15-9-8(13)7(12)6(11)5(3-10)14-9/h4-13H,3H2,1-2H3/t5-,6+,7+,8-,9?/m0/s1. The van der Waals surface area contributed by atoms with Crippen LogP contribution in [0.25, 0.3) is 0 Å². The van der Waals surface area contributed by atoms with E-state index in [2.05, 4.69) is 0 Å². The van der Waals surface area contributed by atoms with Gasteiger partial charge in [0.05, 0.1) is 6.61 Å². The Bertz CT molecular complexity index is 199. The van der Waals surface area contributed by atoms with E-state index in [1.807, 2.05) is 13.8 Å². The minimum atomic E-state index is -1.27. The highest BCUT2D eigenvalue weighted by atomic mass is 32.2. The molecule has 0 spiro atoms. The molecule has 15 heavy (non-hydrogen) atoms. The van der Waals surface area contributed by atoms with Gasteiger partial charge in [-0.1, -0.05) is 13.8 Å². The summed E-state index contributed by atoms with van der Waals surface area (Å²) >= 11 is 1.35. The highest BCUT2D eigenvalue weighted by molar-refractivity contribution is 8.00. The van der Waals surface area contributed by atoms with E-state index in [0.29, 0.717) is 0 Å². The summed E-state index contributed by atoms with van der Waals surface area (Å²) in [5, 5.41) is 37.8. The highest BCUT2D eigenvalue weighted by Gasteiger charge is 2.43. The summed E-state index contributed by atoms with van der Waals surface area (Å²) in [5.74, 6) is 0. The second-order valence-corrected chi connectivity index (χ2v) is 5.56. The molecule has 0 aliphatic carbocycles. The van der Waals surface area contributed by atoms with Crippen LogP contribution in [-0.2, 0) is 4.74 Å². The first-order chi connectivity index (χ1) is 6.97. The number of hydrogen-bond acceptors (Lipinski definition) is 6. The zero-order chi connectivity index (χ0) is 11.6. The van der Waals surface area contributed by atoms with Crippen LogP contribution in [0.3, 0.4) is 0 Å². The van der Waals surface area contributed by atoms with E-state index >= 15 is 0 Å². The van der Waals surface area contributed by atoms with Gasteiger partial charge in [-0.3, -0.25) is 0 Å². The van der Waals surface area contributed by atoms with Crippen molar-refractivity contribution in [1.29, 1.82) is 0 Å². The molecule has 1 unspecified atom stereocenters. The van der Waals surface area contributed by atoms with Crippen LogP contribution >= 0.6 is 11.8 Å². The summed E-state index contributed by atoms with van der Waals surface area (Å²) in [6, 6.07) is 0. The second-order valence-electron chi connectivity index (χ2n) is 3.88. The van der Waals surface area contributed by atoms with Gasteiger partial charge in [-0.05, 0) is 0 Å². The number of rotatable bonds is 3. The number of aliphatic hydroxyl groups excluding tert-OH is 4. The summed E-state index contributed by atoms with van der Waals surface area (Å²) in [6.45, 7) is 3.50. The molecule has 0 amide bonds. The largest absolute Gasteiger partial charge is 0.394 e. The summed E-state index contributed by atoms with van der Waals surface area (Å²) in [5.41, 5.74) is -0.611. The molecule has 1 aliphatic heterocycles. The molecule has 0 radical (unpaired) electrons. The molecule has 1 heterocycles. The van der Waals surface area contributed by atoms with Crippen molar-refractivity contribution in [3.8, 4) is 0 Å². The molecule has 0 aromatic rings. The molecule has 90 valence electrons. The lowest BCUT2D eigenvalue weighted by molar-refractivity contribution is -0.205. The Kier molecular flexibility index (Phi) is 4.82. The van der Waals surface area contributed by atoms with Crippen LogP contribution in [0.2, 0.25) is 0 Å². The molecule has 0 aromatic heterocycles. The van der Waals surface area contributed by atoms with Gasteiger partial charge in [-0.25, -0.2) is 0 Å². The predicted octanol–water partition coefficient (Wildman–Crippen LogP) is -1.07. The van der Waals surface area contributed by atoms with E-state index < -0.39 is 29.9 Å². The fourth-order valence-corrected chi connectivity index (χ4v) is 2.51. The molecule has 1 aliphatic rings. The molecular formula is C9H18O5S. The lowest BCUT2D eigenvalue weighted by atomic mass is 10.0. The van der Waals surface area contributed by atoms with Crippen molar-refractivity contribution in [3.63, 3.8) is 0 Å². The maximum Gasteiger partial charge on any atom is 0.132 e. The Balaban J connectivity index is 2.65. The Hall–Kier alpha value is 0.150. The van der Waals surface area contributed by atoms with Crippen LogP contribution in [0.1, 0.15) is 13.8 Å². The lowest BCUT2D eigenvalue weighted by Gasteiger charge is -2.40. The Morgan fingerprint density at radius 3 is 2.20 bits per heavy atom. The highest BCUT2D eigenvalue weighted by Crippen LogP contribution is 2.30. The summed E-state index contributed by atoms with van der Waals surface area (Å²) < 4.78 is 5.29. The van der Waals surface area contributed by atoms with E-state index in [-0.39, 0.29) is 11.9 Å². The smallest absolute Gasteiger partial charge is 0.132 e. The molecular weight excluding hydrogens is 220 g/mol. The maximum absolute atomic E-state index is 9.63. The lowest BCUT2D eigenvalue weighted by Crippen LogP contribution is -2.57. The van der Waals surface area contributed by atoms with Crippen LogP contribution < -0.4 is 0 Å². The van der Waals surface area contributed by atoms with Gasteiger partial charge in [0, 0.05) is 5.25 Å².